The maximum absolute atomic E-state index is 11.9. The molecular formula is C15H21NO3. The van der Waals surface area contributed by atoms with Crippen molar-refractivity contribution in [2.75, 3.05) is 13.7 Å². The second-order valence-corrected chi connectivity index (χ2v) is 4.99. The first kappa shape index (κ1) is 13.9. The summed E-state index contributed by atoms with van der Waals surface area (Å²) in [6.45, 7) is 1.94. The van der Waals surface area contributed by atoms with Crippen LogP contribution in [-0.2, 0) is 4.79 Å². The predicted molar refractivity (Wildman–Crippen MR) is 73.0 cm³/mol. The number of hydrogen-bond donors (Lipinski definition) is 1. The number of rotatable bonds is 6. The van der Waals surface area contributed by atoms with Gasteiger partial charge < -0.3 is 14.7 Å². The second kappa shape index (κ2) is 6.06. The molecule has 1 aliphatic carbocycles. The molecule has 1 amide bonds. The highest BCUT2D eigenvalue weighted by Gasteiger charge is 2.29. The number of aliphatic hydroxyl groups is 1. The Morgan fingerprint density at radius 3 is 2.79 bits per heavy atom. The van der Waals surface area contributed by atoms with Crippen molar-refractivity contribution in [1.82, 2.24) is 4.90 Å². The minimum atomic E-state index is -0.549. The van der Waals surface area contributed by atoms with Crippen LogP contribution in [0.25, 0.3) is 0 Å². The standard InChI is InChI=1S/C15H21NO3/c1-3-13(17)12-6-4-5-7-14(12)19-10-15(18)16(2)11-8-9-11/h4-7,11,13,17H,3,8-10H2,1-2H3. The Morgan fingerprint density at radius 1 is 1.47 bits per heavy atom. The van der Waals surface area contributed by atoms with Crippen molar-refractivity contribution in [3.05, 3.63) is 29.8 Å². The van der Waals surface area contributed by atoms with Crippen molar-refractivity contribution >= 4 is 5.91 Å². The fourth-order valence-corrected chi connectivity index (χ4v) is 2.01. The van der Waals surface area contributed by atoms with Crippen molar-refractivity contribution in [3.8, 4) is 5.75 Å². The van der Waals surface area contributed by atoms with Crippen molar-refractivity contribution in [3.63, 3.8) is 0 Å². The molecule has 1 unspecified atom stereocenters. The summed E-state index contributed by atoms with van der Waals surface area (Å²) < 4.78 is 5.57. The number of aliphatic hydroxyl groups excluding tert-OH is 1. The molecule has 104 valence electrons. The van der Waals surface area contributed by atoms with Crippen molar-refractivity contribution in [2.45, 2.75) is 38.3 Å². The molecule has 4 heteroatoms. The van der Waals surface area contributed by atoms with Crippen LogP contribution >= 0.6 is 0 Å². The van der Waals surface area contributed by atoms with Crippen LogP contribution in [0, 0.1) is 0 Å². The number of ether oxygens (including phenoxy) is 1. The lowest BCUT2D eigenvalue weighted by molar-refractivity contribution is -0.132. The summed E-state index contributed by atoms with van der Waals surface area (Å²) in [5.41, 5.74) is 0.742. The van der Waals surface area contributed by atoms with E-state index in [1.165, 1.54) is 0 Å². The first-order valence-corrected chi connectivity index (χ1v) is 6.79. The Morgan fingerprint density at radius 2 is 2.16 bits per heavy atom. The van der Waals surface area contributed by atoms with Crippen LogP contribution in [0.5, 0.6) is 5.75 Å². The normalized spacial score (nSPS) is 15.9. The number of carbonyl (C=O) groups excluding carboxylic acids is 1. The van der Waals surface area contributed by atoms with Gasteiger partial charge in [-0.15, -0.1) is 0 Å². The first-order valence-electron chi connectivity index (χ1n) is 6.79. The number of hydrogen-bond acceptors (Lipinski definition) is 3. The summed E-state index contributed by atoms with van der Waals surface area (Å²) in [6.07, 6.45) is 2.25. The Kier molecular flexibility index (Phi) is 4.43. The Labute approximate surface area is 114 Å². The van der Waals surface area contributed by atoms with E-state index in [1.54, 1.807) is 11.0 Å². The van der Waals surface area contributed by atoms with Gasteiger partial charge in [0.1, 0.15) is 5.75 Å². The molecule has 2 rings (SSSR count). The zero-order valence-electron chi connectivity index (χ0n) is 11.5. The molecule has 1 saturated carbocycles. The van der Waals surface area contributed by atoms with E-state index in [9.17, 15) is 9.90 Å². The smallest absolute Gasteiger partial charge is 0.260 e. The lowest BCUT2D eigenvalue weighted by Gasteiger charge is -2.18. The molecule has 1 aromatic carbocycles. The molecule has 0 aliphatic heterocycles. The van der Waals surface area contributed by atoms with E-state index >= 15 is 0 Å². The van der Waals surface area contributed by atoms with E-state index in [0.717, 1.165) is 18.4 Å². The number of likely N-dealkylation sites (N-methyl/N-ethyl adjacent to an activating group) is 1. The highest BCUT2D eigenvalue weighted by atomic mass is 16.5. The molecule has 0 radical (unpaired) electrons. The van der Waals surface area contributed by atoms with Gasteiger partial charge in [0.25, 0.3) is 5.91 Å². The number of amides is 1. The van der Waals surface area contributed by atoms with Crippen LogP contribution in [0.3, 0.4) is 0 Å². The molecule has 19 heavy (non-hydrogen) atoms. The van der Waals surface area contributed by atoms with Crippen LogP contribution in [0.1, 0.15) is 37.9 Å². The Balaban J connectivity index is 1.96. The van der Waals surface area contributed by atoms with E-state index < -0.39 is 6.10 Å². The minimum Gasteiger partial charge on any atom is -0.483 e. The van der Waals surface area contributed by atoms with Crippen molar-refractivity contribution in [2.24, 2.45) is 0 Å². The van der Waals surface area contributed by atoms with Gasteiger partial charge >= 0.3 is 0 Å². The van der Waals surface area contributed by atoms with Gasteiger partial charge in [0.15, 0.2) is 6.61 Å². The molecule has 1 aliphatic rings. The van der Waals surface area contributed by atoms with E-state index in [1.807, 2.05) is 32.2 Å². The quantitative estimate of drug-likeness (QED) is 0.855. The fraction of sp³-hybridized carbons (Fsp3) is 0.533. The third kappa shape index (κ3) is 3.47. The zero-order chi connectivity index (χ0) is 13.8. The number of para-hydroxylation sites is 1. The molecule has 1 aromatic rings. The van der Waals surface area contributed by atoms with Gasteiger partial charge in [0.2, 0.25) is 0 Å². The van der Waals surface area contributed by atoms with Gasteiger partial charge in [0, 0.05) is 18.7 Å². The summed E-state index contributed by atoms with van der Waals surface area (Å²) in [6, 6.07) is 7.72. The van der Waals surface area contributed by atoms with Gasteiger partial charge in [-0.05, 0) is 25.3 Å². The van der Waals surface area contributed by atoms with Gasteiger partial charge in [0.05, 0.1) is 6.10 Å². The molecule has 0 bridgehead atoms. The molecule has 0 spiro atoms. The Bertz CT molecular complexity index is 443. The summed E-state index contributed by atoms with van der Waals surface area (Å²) in [5.74, 6) is 0.581. The third-order valence-electron chi connectivity index (χ3n) is 3.50. The second-order valence-electron chi connectivity index (χ2n) is 4.99. The van der Waals surface area contributed by atoms with E-state index in [0.29, 0.717) is 18.2 Å². The average Bonchev–Trinajstić information content (AvgIpc) is 3.28. The minimum absolute atomic E-state index is 0.0108. The molecule has 1 fully saturated rings. The SMILES string of the molecule is CCC(O)c1ccccc1OCC(=O)N(C)C1CC1. The molecule has 0 aromatic heterocycles. The average molecular weight is 263 g/mol. The molecule has 4 nitrogen and oxygen atoms in total. The molecule has 1 N–H and O–H groups in total. The highest BCUT2D eigenvalue weighted by molar-refractivity contribution is 5.78. The van der Waals surface area contributed by atoms with Crippen molar-refractivity contribution in [1.29, 1.82) is 0 Å². The lowest BCUT2D eigenvalue weighted by Crippen LogP contribution is -2.33. The summed E-state index contributed by atoms with van der Waals surface area (Å²) in [4.78, 5) is 13.6. The summed E-state index contributed by atoms with van der Waals surface area (Å²) in [7, 11) is 1.82. The molecular weight excluding hydrogens is 242 g/mol. The van der Waals surface area contributed by atoms with E-state index in [-0.39, 0.29) is 12.5 Å². The van der Waals surface area contributed by atoms with Crippen LogP contribution in [0.15, 0.2) is 24.3 Å². The van der Waals surface area contributed by atoms with Crippen LogP contribution in [0.4, 0.5) is 0 Å². The monoisotopic (exact) mass is 263 g/mol. The molecule has 0 heterocycles. The van der Waals surface area contributed by atoms with E-state index in [4.69, 9.17) is 4.74 Å². The number of benzene rings is 1. The Hall–Kier alpha value is -1.55. The van der Waals surface area contributed by atoms with Crippen LogP contribution < -0.4 is 4.74 Å². The summed E-state index contributed by atoms with van der Waals surface area (Å²) >= 11 is 0. The number of carbonyl (C=O) groups is 1. The van der Waals surface area contributed by atoms with Crippen LogP contribution in [-0.4, -0.2) is 35.6 Å². The lowest BCUT2D eigenvalue weighted by atomic mass is 10.1. The topological polar surface area (TPSA) is 49.8 Å². The third-order valence-corrected chi connectivity index (χ3v) is 3.50. The number of nitrogens with zero attached hydrogens (tertiary/aromatic N) is 1. The largest absolute Gasteiger partial charge is 0.483 e. The van der Waals surface area contributed by atoms with Gasteiger partial charge in [-0.3, -0.25) is 4.79 Å². The maximum Gasteiger partial charge on any atom is 0.260 e. The van der Waals surface area contributed by atoms with Gasteiger partial charge in [-0.2, -0.15) is 0 Å². The van der Waals surface area contributed by atoms with Gasteiger partial charge in [-0.25, -0.2) is 0 Å². The zero-order valence-corrected chi connectivity index (χ0v) is 11.5. The predicted octanol–water partition coefficient (Wildman–Crippen LogP) is 2.13. The molecule has 0 saturated heterocycles. The van der Waals surface area contributed by atoms with E-state index in [2.05, 4.69) is 0 Å². The fourth-order valence-electron chi connectivity index (χ4n) is 2.01. The van der Waals surface area contributed by atoms with Crippen LogP contribution in [0.2, 0.25) is 0 Å². The summed E-state index contributed by atoms with van der Waals surface area (Å²) in [5, 5.41) is 9.91. The van der Waals surface area contributed by atoms with Crippen molar-refractivity contribution < 1.29 is 14.6 Å². The molecule has 1 atom stereocenters. The van der Waals surface area contributed by atoms with Gasteiger partial charge in [-0.1, -0.05) is 25.1 Å². The first-order chi connectivity index (χ1) is 9.13. The maximum atomic E-state index is 11.9. The highest BCUT2D eigenvalue weighted by Crippen LogP contribution is 2.28.